The third kappa shape index (κ3) is 5.98. The number of nitrogens with one attached hydrogen (secondary N) is 2. The van der Waals surface area contributed by atoms with Gasteiger partial charge in [0.05, 0.1) is 10.5 Å². The zero-order chi connectivity index (χ0) is 19.9. The molecule has 0 atom stereocenters. The summed E-state index contributed by atoms with van der Waals surface area (Å²) in [7, 11) is 0. The summed E-state index contributed by atoms with van der Waals surface area (Å²) < 4.78 is 38.7. The number of anilines is 1. The average Bonchev–Trinajstić information content (AvgIpc) is 2.61. The molecule has 0 saturated heterocycles. The second-order valence-corrected chi connectivity index (χ2v) is 5.71. The lowest BCUT2D eigenvalue weighted by molar-refractivity contribution is -0.384. The van der Waals surface area contributed by atoms with Crippen LogP contribution in [0, 0.1) is 10.1 Å². The minimum atomic E-state index is -4.44. The number of rotatable bonds is 8. The van der Waals surface area contributed by atoms with E-state index in [0.29, 0.717) is 5.69 Å². The molecule has 144 valence electrons. The Kier molecular flexibility index (Phi) is 6.75. The number of para-hydroxylation sites is 2. The van der Waals surface area contributed by atoms with Crippen molar-refractivity contribution >= 4 is 17.3 Å². The number of nitrogens with zero attached hydrogens (tertiary/aromatic N) is 1. The molecule has 0 bridgehead atoms. The van der Waals surface area contributed by atoms with Crippen molar-refractivity contribution < 1.29 is 22.9 Å². The molecule has 0 heterocycles. The Morgan fingerprint density at radius 2 is 1.70 bits per heavy atom. The van der Waals surface area contributed by atoms with E-state index in [1.165, 1.54) is 36.4 Å². The van der Waals surface area contributed by atoms with Gasteiger partial charge in [0.2, 0.25) is 5.91 Å². The lowest BCUT2D eigenvalue weighted by Crippen LogP contribution is -2.28. The number of hydrogen-bond acceptors (Lipinski definition) is 4. The zero-order valence-corrected chi connectivity index (χ0v) is 14.3. The summed E-state index contributed by atoms with van der Waals surface area (Å²) in [4.78, 5) is 22.2. The molecule has 0 aliphatic carbocycles. The van der Waals surface area contributed by atoms with Gasteiger partial charge in [0.15, 0.2) is 0 Å². The first-order valence-corrected chi connectivity index (χ1v) is 8.18. The van der Waals surface area contributed by atoms with E-state index >= 15 is 0 Å². The molecule has 0 spiro atoms. The van der Waals surface area contributed by atoms with Crippen LogP contribution in [-0.4, -0.2) is 23.9 Å². The highest BCUT2D eigenvalue weighted by molar-refractivity contribution is 5.76. The third-order valence-corrected chi connectivity index (χ3v) is 3.81. The fourth-order valence-electron chi connectivity index (χ4n) is 2.53. The largest absolute Gasteiger partial charge is 0.416 e. The van der Waals surface area contributed by atoms with Crippen LogP contribution in [0.3, 0.4) is 0 Å². The van der Waals surface area contributed by atoms with E-state index in [9.17, 15) is 28.1 Å². The molecule has 0 saturated carbocycles. The molecule has 27 heavy (non-hydrogen) atoms. The van der Waals surface area contributed by atoms with Gasteiger partial charge in [-0.15, -0.1) is 0 Å². The Morgan fingerprint density at radius 3 is 2.41 bits per heavy atom. The first-order valence-electron chi connectivity index (χ1n) is 8.18. The summed E-state index contributed by atoms with van der Waals surface area (Å²) in [5.41, 5.74) is -0.392. The first-order chi connectivity index (χ1) is 12.8. The van der Waals surface area contributed by atoms with Crippen LogP contribution in [-0.2, 0) is 17.4 Å². The topological polar surface area (TPSA) is 84.3 Å². The molecule has 2 rings (SSSR count). The Morgan fingerprint density at radius 1 is 1.04 bits per heavy atom. The highest BCUT2D eigenvalue weighted by Gasteiger charge is 2.32. The van der Waals surface area contributed by atoms with E-state index in [1.54, 1.807) is 6.07 Å². The highest BCUT2D eigenvalue weighted by atomic mass is 19.4. The van der Waals surface area contributed by atoms with Crippen LogP contribution in [0.5, 0.6) is 0 Å². The van der Waals surface area contributed by atoms with Crippen molar-refractivity contribution in [2.45, 2.75) is 19.0 Å². The summed E-state index contributed by atoms with van der Waals surface area (Å²) in [6.07, 6.45) is -4.35. The molecule has 2 aromatic carbocycles. The van der Waals surface area contributed by atoms with Crippen molar-refractivity contribution in [3.63, 3.8) is 0 Å². The van der Waals surface area contributed by atoms with E-state index in [0.717, 1.165) is 6.07 Å². The molecule has 0 unspecified atom stereocenters. The minimum absolute atomic E-state index is 0.0347. The molecular weight excluding hydrogens is 363 g/mol. The highest BCUT2D eigenvalue weighted by Crippen LogP contribution is 2.31. The van der Waals surface area contributed by atoms with E-state index < -0.39 is 16.7 Å². The van der Waals surface area contributed by atoms with Crippen LogP contribution in [0.25, 0.3) is 0 Å². The molecule has 2 aromatic rings. The second kappa shape index (κ2) is 9.02. The molecular formula is C18H18F3N3O3. The van der Waals surface area contributed by atoms with E-state index in [2.05, 4.69) is 10.6 Å². The van der Waals surface area contributed by atoms with Crippen LogP contribution in [0.2, 0.25) is 0 Å². The smallest absolute Gasteiger partial charge is 0.379 e. The van der Waals surface area contributed by atoms with Gasteiger partial charge in [0.25, 0.3) is 5.69 Å². The minimum Gasteiger partial charge on any atom is -0.379 e. The number of carbonyl (C=O) groups is 1. The maximum Gasteiger partial charge on any atom is 0.416 e. The molecule has 0 fully saturated rings. The quantitative estimate of drug-likeness (QED) is 0.538. The molecule has 2 N–H and O–H groups in total. The van der Waals surface area contributed by atoms with Gasteiger partial charge in [-0.25, -0.2) is 0 Å². The number of nitro benzene ring substituents is 1. The fraction of sp³-hybridized carbons (Fsp3) is 0.278. The molecule has 0 radical (unpaired) electrons. The number of alkyl halides is 3. The van der Waals surface area contributed by atoms with Crippen molar-refractivity contribution in [1.29, 1.82) is 0 Å². The van der Waals surface area contributed by atoms with Gasteiger partial charge >= 0.3 is 6.18 Å². The van der Waals surface area contributed by atoms with Crippen molar-refractivity contribution in [1.82, 2.24) is 5.32 Å². The van der Waals surface area contributed by atoms with Gasteiger partial charge < -0.3 is 10.6 Å². The lowest BCUT2D eigenvalue weighted by Gasteiger charge is -2.13. The van der Waals surface area contributed by atoms with E-state index in [-0.39, 0.29) is 43.1 Å². The van der Waals surface area contributed by atoms with Crippen LogP contribution in [0.1, 0.15) is 17.5 Å². The predicted molar refractivity (Wildman–Crippen MR) is 94.4 cm³/mol. The number of benzene rings is 2. The Balaban J connectivity index is 1.79. The molecule has 0 aromatic heterocycles. The summed E-state index contributed by atoms with van der Waals surface area (Å²) in [5.74, 6) is -0.356. The maximum atomic E-state index is 12.9. The van der Waals surface area contributed by atoms with Crippen molar-refractivity contribution in [2.24, 2.45) is 0 Å². The Bertz CT molecular complexity index is 810. The Hall–Kier alpha value is -3.10. The van der Waals surface area contributed by atoms with Crippen LogP contribution in [0.4, 0.5) is 24.5 Å². The number of hydrogen-bond donors (Lipinski definition) is 2. The summed E-state index contributed by atoms with van der Waals surface area (Å²) in [6, 6.07) is 11.3. The van der Waals surface area contributed by atoms with E-state index in [1.807, 2.05) is 0 Å². The summed E-state index contributed by atoms with van der Waals surface area (Å²) >= 11 is 0. The Labute approximate surface area is 153 Å². The first kappa shape index (κ1) is 20.2. The molecule has 1 amide bonds. The maximum absolute atomic E-state index is 12.9. The summed E-state index contributed by atoms with van der Waals surface area (Å²) in [6.45, 7) is 0.229. The molecule has 9 heteroatoms. The van der Waals surface area contributed by atoms with Gasteiger partial charge in [-0.2, -0.15) is 13.2 Å². The number of carbonyl (C=O) groups excluding carboxylic acids is 1. The average molecular weight is 381 g/mol. The number of nitro groups is 1. The van der Waals surface area contributed by atoms with Crippen LogP contribution < -0.4 is 10.6 Å². The van der Waals surface area contributed by atoms with Crippen molar-refractivity contribution in [3.8, 4) is 0 Å². The molecule has 0 aliphatic rings. The predicted octanol–water partition coefficient (Wildman–Crippen LogP) is 3.77. The van der Waals surface area contributed by atoms with Gasteiger partial charge in [0.1, 0.15) is 5.69 Å². The SMILES string of the molecule is O=C(CCNc1ccccc1[N+](=O)[O-])NCCc1ccccc1C(F)(F)F. The van der Waals surface area contributed by atoms with Gasteiger partial charge in [-0.3, -0.25) is 14.9 Å². The standard InChI is InChI=1S/C18H18F3N3O3/c19-18(20,21)14-6-2-1-5-13(14)9-11-23-17(25)10-12-22-15-7-3-4-8-16(15)24(26)27/h1-8,22H,9-12H2,(H,23,25). The fourth-order valence-corrected chi connectivity index (χ4v) is 2.53. The van der Waals surface area contributed by atoms with Crippen LogP contribution in [0.15, 0.2) is 48.5 Å². The summed E-state index contributed by atoms with van der Waals surface area (Å²) in [5, 5.41) is 16.3. The monoisotopic (exact) mass is 381 g/mol. The van der Waals surface area contributed by atoms with Crippen molar-refractivity contribution in [2.75, 3.05) is 18.4 Å². The van der Waals surface area contributed by atoms with E-state index in [4.69, 9.17) is 0 Å². The van der Waals surface area contributed by atoms with Crippen molar-refractivity contribution in [3.05, 3.63) is 69.8 Å². The number of amides is 1. The van der Waals surface area contributed by atoms with Gasteiger partial charge in [-0.05, 0) is 24.1 Å². The van der Waals surface area contributed by atoms with Gasteiger partial charge in [-0.1, -0.05) is 30.3 Å². The molecule has 6 nitrogen and oxygen atoms in total. The molecule has 0 aliphatic heterocycles. The van der Waals surface area contributed by atoms with Gasteiger partial charge in [0, 0.05) is 25.6 Å². The normalized spacial score (nSPS) is 11.1. The third-order valence-electron chi connectivity index (χ3n) is 3.81. The second-order valence-electron chi connectivity index (χ2n) is 5.71. The lowest BCUT2D eigenvalue weighted by atomic mass is 10.0. The van der Waals surface area contributed by atoms with Crippen LogP contribution >= 0.6 is 0 Å². The number of halogens is 3. The zero-order valence-electron chi connectivity index (χ0n) is 14.3.